The van der Waals surface area contributed by atoms with Crippen LogP contribution in [0.15, 0.2) is 47.1 Å². The third-order valence-corrected chi connectivity index (χ3v) is 4.49. The van der Waals surface area contributed by atoms with E-state index in [4.69, 9.17) is 9.40 Å². The third kappa shape index (κ3) is 2.40. The van der Waals surface area contributed by atoms with Crippen LogP contribution in [0, 0.1) is 5.92 Å². The fourth-order valence-electron chi connectivity index (χ4n) is 3.53. The molecule has 0 saturated carbocycles. The van der Waals surface area contributed by atoms with Gasteiger partial charge in [-0.25, -0.2) is 9.78 Å². The molecule has 0 fully saturated rings. The minimum absolute atomic E-state index is 0.361. The van der Waals surface area contributed by atoms with Gasteiger partial charge in [-0.05, 0) is 54.2 Å². The second-order valence-electron chi connectivity index (χ2n) is 6.33. The van der Waals surface area contributed by atoms with Crippen LogP contribution in [0.4, 0.5) is 0 Å². The Morgan fingerprint density at radius 2 is 2.08 bits per heavy atom. The van der Waals surface area contributed by atoms with E-state index in [0.29, 0.717) is 22.4 Å². The molecular weight excluding hydrogens is 302 g/mol. The zero-order valence-electron chi connectivity index (χ0n) is 13.3. The lowest BCUT2D eigenvalue weighted by Crippen LogP contribution is -2.17. The van der Waals surface area contributed by atoms with Gasteiger partial charge in [0.05, 0.1) is 23.0 Å². The number of carboxylic acid groups (broad SMARTS) is 1. The van der Waals surface area contributed by atoms with Gasteiger partial charge in [0.25, 0.3) is 0 Å². The first-order valence-electron chi connectivity index (χ1n) is 8.03. The summed E-state index contributed by atoms with van der Waals surface area (Å²) < 4.78 is 5.43. The van der Waals surface area contributed by atoms with Crippen molar-refractivity contribution in [2.24, 2.45) is 5.92 Å². The highest BCUT2D eigenvalue weighted by molar-refractivity contribution is 6.05. The molecule has 3 aromatic rings. The van der Waals surface area contributed by atoms with Crippen molar-refractivity contribution in [1.82, 2.24) is 4.98 Å². The SMILES string of the molecule is C[C@@H]1C/C(=C/c2ccco2)c2nc3ccccc3c(C(=O)O)c2C1. The Morgan fingerprint density at radius 1 is 1.25 bits per heavy atom. The maximum atomic E-state index is 12.0. The van der Waals surface area contributed by atoms with Gasteiger partial charge in [0.2, 0.25) is 0 Å². The molecule has 0 bridgehead atoms. The Bertz CT molecular complexity index is 954. The largest absolute Gasteiger partial charge is 0.478 e. The van der Waals surface area contributed by atoms with Crippen LogP contribution < -0.4 is 0 Å². The van der Waals surface area contributed by atoms with E-state index in [-0.39, 0.29) is 0 Å². The number of hydrogen-bond donors (Lipinski definition) is 1. The predicted molar refractivity (Wildman–Crippen MR) is 92.8 cm³/mol. The number of nitrogens with zero attached hydrogens (tertiary/aromatic N) is 1. The van der Waals surface area contributed by atoms with Crippen molar-refractivity contribution in [2.45, 2.75) is 19.8 Å². The summed E-state index contributed by atoms with van der Waals surface area (Å²) in [5.41, 5.74) is 3.76. The number of benzene rings is 1. The number of carbonyl (C=O) groups is 1. The Kier molecular flexibility index (Phi) is 3.45. The highest BCUT2D eigenvalue weighted by atomic mass is 16.4. The predicted octanol–water partition coefficient (Wildman–Crippen LogP) is 4.65. The number of rotatable bonds is 2. The first-order valence-corrected chi connectivity index (χ1v) is 8.03. The number of fused-ring (bicyclic) bond motifs is 2. The molecule has 0 aliphatic heterocycles. The van der Waals surface area contributed by atoms with Gasteiger partial charge in [0.15, 0.2) is 0 Å². The van der Waals surface area contributed by atoms with Crippen LogP contribution in [-0.2, 0) is 6.42 Å². The lowest BCUT2D eigenvalue weighted by molar-refractivity contribution is 0.0697. The molecule has 2 aromatic heterocycles. The van der Waals surface area contributed by atoms with Crippen molar-refractivity contribution in [3.63, 3.8) is 0 Å². The number of hydrogen-bond acceptors (Lipinski definition) is 3. The second-order valence-corrected chi connectivity index (χ2v) is 6.33. The average molecular weight is 319 g/mol. The van der Waals surface area contributed by atoms with E-state index in [2.05, 4.69) is 6.92 Å². The summed E-state index contributed by atoms with van der Waals surface area (Å²) in [4.78, 5) is 16.7. The quantitative estimate of drug-likeness (QED) is 0.747. The van der Waals surface area contributed by atoms with Crippen molar-refractivity contribution in [3.8, 4) is 0 Å². The Balaban J connectivity index is 2.02. The monoisotopic (exact) mass is 319 g/mol. The Hall–Kier alpha value is -2.88. The fourth-order valence-corrected chi connectivity index (χ4v) is 3.53. The maximum absolute atomic E-state index is 12.0. The lowest BCUT2D eigenvalue weighted by Gasteiger charge is -2.25. The highest BCUT2D eigenvalue weighted by Crippen LogP contribution is 2.38. The van der Waals surface area contributed by atoms with Gasteiger partial charge in [0.1, 0.15) is 5.76 Å². The minimum Gasteiger partial charge on any atom is -0.478 e. The van der Waals surface area contributed by atoms with E-state index >= 15 is 0 Å². The Labute approximate surface area is 139 Å². The smallest absolute Gasteiger partial charge is 0.336 e. The number of allylic oxidation sites excluding steroid dienone is 1. The molecule has 1 aromatic carbocycles. The van der Waals surface area contributed by atoms with Crippen molar-refractivity contribution in [2.75, 3.05) is 0 Å². The van der Waals surface area contributed by atoms with E-state index in [1.807, 2.05) is 42.5 Å². The zero-order chi connectivity index (χ0) is 16.7. The molecule has 4 rings (SSSR count). The molecule has 1 atom stereocenters. The number of furan rings is 1. The van der Waals surface area contributed by atoms with Gasteiger partial charge in [-0.2, -0.15) is 0 Å². The second kappa shape index (κ2) is 5.64. The molecule has 0 unspecified atom stereocenters. The highest BCUT2D eigenvalue weighted by Gasteiger charge is 2.27. The number of aromatic nitrogens is 1. The third-order valence-electron chi connectivity index (χ3n) is 4.49. The van der Waals surface area contributed by atoms with E-state index in [9.17, 15) is 9.90 Å². The molecule has 1 aliphatic rings. The summed E-state index contributed by atoms with van der Waals surface area (Å²) in [5.74, 6) is 0.230. The van der Waals surface area contributed by atoms with Crippen molar-refractivity contribution in [1.29, 1.82) is 0 Å². The zero-order valence-corrected chi connectivity index (χ0v) is 13.3. The fraction of sp³-hybridized carbons (Fsp3) is 0.200. The molecule has 0 spiro atoms. The molecule has 0 radical (unpaired) electrons. The van der Waals surface area contributed by atoms with Crippen molar-refractivity contribution >= 4 is 28.5 Å². The molecule has 24 heavy (non-hydrogen) atoms. The first kappa shape index (κ1) is 14.7. The first-order chi connectivity index (χ1) is 11.6. The van der Waals surface area contributed by atoms with E-state index in [1.165, 1.54) is 0 Å². The number of carboxylic acids is 1. The van der Waals surface area contributed by atoms with Gasteiger partial charge in [0, 0.05) is 5.39 Å². The molecule has 1 N–H and O–H groups in total. The Morgan fingerprint density at radius 3 is 2.83 bits per heavy atom. The normalized spacial score (nSPS) is 18.7. The van der Waals surface area contributed by atoms with Crippen LogP contribution in [0.2, 0.25) is 0 Å². The molecule has 4 nitrogen and oxygen atoms in total. The number of para-hydroxylation sites is 1. The topological polar surface area (TPSA) is 63.3 Å². The van der Waals surface area contributed by atoms with Crippen LogP contribution in [0.1, 0.15) is 40.7 Å². The molecule has 4 heteroatoms. The van der Waals surface area contributed by atoms with Crippen LogP contribution in [0.3, 0.4) is 0 Å². The summed E-state index contributed by atoms with van der Waals surface area (Å²) in [6.07, 6.45) is 5.19. The molecule has 120 valence electrons. The summed E-state index contributed by atoms with van der Waals surface area (Å²) >= 11 is 0. The average Bonchev–Trinajstić information content (AvgIpc) is 3.05. The summed E-state index contributed by atoms with van der Waals surface area (Å²) in [7, 11) is 0. The van der Waals surface area contributed by atoms with E-state index in [1.54, 1.807) is 6.26 Å². The molecule has 0 amide bonds. The van der Waals surface area contributed by atoms with Gasteiger partial charge < -0.3 is 9.52 Å². The molecular formula is C20H17NO3. The van der Waals surface area contributed by atoms with E-state index in [0.717, 1.165) is 35.4 Å². The number of aromatic carboxylic acids is 1. The number of pyridine rings is 1. The molecule has 2 heterocycles. The summed E-state index contributed by atoms with van der Waals surface area (Å²) in [6.45, 7) is 2.14. The van der Waals surface area contributed by atoms with Gasteiger partial charge in [-0.1, -0.05) is 25.1 Å². The van der Waals surface area contributed by atoms with Crippen molar-refractivity contribution in [3.05, 3.63) is 65.2 Å². The van der Waals surface area contributed by atoms with Crippen LogP contribution in [0.25, 0.3) is 22.6 Å². The van der Waals surface area contributed by atoms with E-state index < -0.39 is 5.97 Å². The standard InChI is InChI=1S/C20H17NO3/c1-12-9-13(11-14-5-4-8-24-14)19-16(10-12)18(20(22)23)15-6-2-3-7-17(15)21-19/h2-8,11-12H,9-10H2,1H3,(H,22,23)/b13-11-/t12-/m1/s1. The summed E-state index contributed by atoms with van der Waals surface area (Å²) in [5, 5.41) is 10.5. The van der Waals surface area contributed by atoms with Crippen LogP contribution in [0.5, 0.6) is 0 Å². The maximum Gasteiger partial charge on any atom is 0.336 e. The lowest BCUT2D eigenvalue weighted by atomic mass is 9.81. The van der Waals surface area contributed by atoms with Gasteiger partial charge in [-0.3, -0.25) is 0 Å². The minimum atomic E-state index is -0.892. The van der Waals surface area contributed by atoms with Crippen LogP contribution in [-0.4, -0.2) is 16.1 Å². The molecule has 0 saturated heterocycles. The van der Waals surface area contributed by atoms with Crippen LogP contribution >= 0.6 is 0 Å². The van der Waals surface area contributed by atoms with Gasteiger partial charge >= 0.3 is 5.97 Å². The van der Waals surface area contributed by atoms with Crippen molar-refractivity contribution < 1.29 is 14.3 Å². The molecule has 1 aliphatic carbocycles. The van der Waals surface area contributed by atoms with Gasteiger partial charge in [-0.15, -0.1) is 0 Å². The summed E-state index contributed by atoms with van der Waals surface area (Å²) in [6, 6.07) is 11.2.